The average Bonchev–Trinajstić information content (AvgIpc) is 2.71. The van der Waals surface area contributed by atoms with Crippen LogP contribution in [0.25, 0.3) is 22.1 Å². The molecule has 3 aromatic rings. The second kappa shape index (κ2) is 8.59. The molecule has 0 amide bonds. The number of piperazine rings is 1. The summed E-state index contributed by atoms with van der Waals surface area (Å²) in [6.45, 7) is 3.05. The summed E-state index contributed by atoms with van der Waals surface area (Å²) >= 11 is 12.0. The normalized spacial score (nSPS) is 16.1. The molecule has 32 heavy (non-hydrogen) atoms. The Labute approximate surface area is 191 Å². The molecule has 1 saturated heterocycles. The van der Waals surface area contributed by atoms with E-state index in [0.717, 1.165) is 13.1 Å². The number of benzene rings is 2. The minimum Gasteiger partial charge on any atom is -0.507 e. The Hall–Kier alpha value is -2.26. The predicted octanol–water partition coefficient (Wildman–Crippen LogP) is 5.24. The van der Waals surface area contributed by atoms with Crippen LogP contribution < -0.4 is 5.43 Å². The third-order valence-corrected chi connectivity index (χ3v) is 6.12. The van der Waals surface area contributed by atoms with Gasteiger partial charge in [0.2, 0.25) is 11.2 Å². The maximum absolute atomic E-state index is 14.0. The van der Waals surface area contributed by atoms with E-state index < -0.39 is 22.9 Å². The van der Waals surface area contributed by atoms with E-state index >= 15 is 0 Å². The van der Waals surface area contributed by atoms with E-state index in [2.05, 4.69) is 4.90 Å². The lowest BCUT2D eigenvalue weighted by molar-refractivity contribution is -0.152. The topological polar surface area (TPSA) is 56.9 Å². The molecule has 170 valence electrons. The molecule has 0 radical (unpaired) electrons. The zero-order valence-electron chi connectivity index (χ0n) is 17.0. The van der Waals surface area contributed by atoms with Crippen LogP contribution in [0, 0.1) is 0 Å². The first-order valence-corrected chi connectivity index (χ1v) is 10.6. The van der Waals surface area contributed by atoms with Gasteiger partial charge in [0.1, 0.15) is 11.3 Å². The largest absolute Gasteiger partial charge is 0.507 e. The van der Waals surface area contributed by atoms with Crippen LogP contribution in [-0.4, -0.2) is 48.1 Å². The Morgan fingerprint density at radius 1 is 1.09 bits per heavy atom. The van der Waals surface area contributed by atoms with Gasteiger partial charge in [0, 0.05) is 43.3 Å². The van der Waals surface area contributed by atoms with Gasteiger partial charge in [-0.25, -0.2) is 0 Å². The quantitative estimate of drug-likeness (QED) is 0.548. The van der Waals surface area contributed by atoms with Gasteiger partial charge in [-0.2, -0.15) is 13.2 Å². The number of halogens is 5. The Morgan fingerprint density at radius 3 is 2.41 bits per heavy atom. The molecule has 1 fully saturated rings. The summed E-state index contributed by atoms with van der Waals surface area (Å²) in [6, 6.07) is 6.42. The average molecular weight is 487 g/mol. The van der Waals surface area contributed by atoms with Crippen molar-refractivity contribution in [2.45, 2.75) is 12.7 Å². The van der Waals surface area contributed by atoms with E-state index in [1.807, 2.05) is 11.9 Å². The van der Waals surface area contributed by atoms with Gasteiger partial charge in [-0.05, 0) is 31.3 Å². The number of nitrogens with zero attached hydrogens (tertiary/aromatic N) is 2. The monoisotopic (exact) mass is 486 g/mol. The molecule has 0 saturated carbocycles. The van der Waals surface area contributed by atoms with E-state index in [9.17, 15) is 23.1 Å². The molecule has 0 spiro atoms. The molecule has 2 aromatic carbocycles. The lowest BCUT2D eigenvalue weighted by Gasteiger charge is -2.32. The van der Waals surface area contributed by atoms with E-state index in [1.165, 1.54) is 30.3 Å². The Bertz CT molecular complexity index is 1240. The molecule has 1 aromatic heterocycles. The van der Waals surface area contributed by atoms with Crippen LogP contribution in [0.2, 0.25) is 10.0 Å². The van der Waals surface area contributed by atoms with Gasteiger partial charge in [-0.3, -0.25) is 9.69 Å². The highest BCUT2D eigenvalue weighted by molar-refractivity contribution is 6.36. The summed E-state index contributed by atoms with van der Waals surface area (Å²) in [6.07, 6.45) is -4.97. The van der Waals surface area contributed by atoms with Gasteiger partial charge < -0.3 is 14.4 Å². The number of phenolic OH excluding ortho intramolecular Hbond substituents is 1. The zero-order valence-corrected chi connectivity index (χ0v) is 18.5. The molecule has 4 rings (SSSR count). The number of phenols is 1. The molecule has 0 bridgehead atoms. The summed E-state index contributed by atoms with van der Waals surface area (Å²) in [5, 5.41) is 10.5. The Balaban J connectivity index is 1.95. The first-order chi connectivity index (χ1) is 15.1. The molecular formula is C22H19Cl2F3N2O3. The molecule has 10 heteroatoms. The number of aromatic hydroxyl groups is 1. The lowest BCUT2D eigenvalue weighted by atomic mass is 10.00. The zero-order chi connectivity index (χ0) is 23.2. The fourth-order valence-corrected chi connectivity index (χ4v) is 4.33. The van der Waals surface area contributed by atoms with Crippen molar-refractivity contribution >= 4 is 34.2 Å². The number of hydrogen-bond donors (Lipinski definition) is 1. The lowest BCUT2D eigenvalue weighted by Crippen LogP contribution is -2.43. The van der Waals surface area contributed by atoms with Gasteiger partial charge in [0.15, 0.2) is 0 Å². The van der Waals surface area contributed by atoms with Crippen LogP contribution in [0.5, 0.6) is 5.75 Å². The second-order valence-electron chi connectivity index (χ2n) is 7.78. The fraction of sp³-hybridized carbons (Fsp3) is 0.318. The first kappa shape index (κ1) is 22.9. The van der Waals surface area contributed by atoms with Crippen LogP contribution in [0.1, 0.15) is 11.3 Å². The molecule has 1 aliphatic heterocycles. The van der Waals surface area contributed by atoms with Gasteiger partial charge in [0.25, 0.3) is 0 Å². The highest BCUT2D eigenvalue weighted by Gasteiger charge is 2.40. The minimum absolute atomic E-state index is 0.0686. The van der Waals surface area contributed by atoms with Gasteiger partial charge >= 0.3 is 6.18 Å². The molecule has 1 N–H and O–H groups in total. The predicted molar refractivity (Wildman–Crippen MR) is 117 cm³/mol. The summed E-state index contributed by atoms with van der Waals surface area (Å²) < 4.78 is 47.4. The van der Waals surface area contributed by atoms with Crippen molar-refractivity contribution in [2.24, 2.45) is 0 Å². The molecule has 0 unspecified atom stereocenters. The Kier molecular flexibility index (Phi) is 6.15. The van der Waals surface area contributed by atoms with E-state index in [4.69, 9.17) is 27.6 Å². The van der Waals surface area contributed by atoms with Crippen molar-refractivity contribution in [1.29, 1.82) is 0 Å². The molecule has 0 atom stereocenters. The maximum atomic E-state index is 14.0. The van der Waals surface area contributed by atoms with Crippen LogP contribution >= 0.6 is 23.2 Å². The number of alkyl halides is 3. The third kappa shape index (κ3) is 4.32. The molecule has 1 aliphatic rings. The van der Waals surface area contributed by atoms with Crippen molar-refractivity contribution in [3.05, 3.63) is 61.9 Å². The smallest absolute Gasteiger partial charge is 0.450 e. The number of likely N-dealkylation sites (N-methyl/N-ethyl adjacent to an activating group) is 1. The summed E-state index contributed by atoms with van der Waals surface area (Å²) in [7, 11) is 1.98. The summed E-state index contributed by atoms with van der Waals surface area (Å²) in [5.41, 5.74) is -1.85. The van der Waals surface area contributed by atoms with Gasteiger partial charge in [-0.15, -0.1) is 0 Å². The van der Waals surface area contributed by atoms with Crippen LogP contribution in [0.4, 0.5) is 13.2 Å². The van der Waals surface area contributed by atoms with Crippen LogP contribution in [0.3, 0.4) is 0 Å². The first-order valence-electron chi connectivity index (χ1n) is 9.81. The molecule has 2 heterocycles. The number of fused-ring (bicyclic) bond motifs is 1. The van der Waals surface area contributed by atoms with Gasteiger partial charge in [-0.1, -0.05) is 29.3 Å². The summed E-state index contributed by atoms with van der Waals surface area (Å²) in [4.78, 5) is 17.4. The molecule has 5 nitrogen and oxygen atoms in total. The van der Waals surface area contributed by atoms with Crippen molar-refractivity contribution in [1.82, 2.24) is 9.80 Å². The second-order valence-corrected chi connectivity index (χ2v) is 8.62. The standard InChI is InChI=1S/C22H19Cl2F3N2O3/c1-28-6-8-29(9-7-28)11-15-17(30)5-4-14-19(31)18(13-3-2-12(23)10-16(13)24)21(22(25,26)27)32-20(14)15/h2-5,10,30H,6-9,11H2,1H3. The van der Waals surface area contributed by atoms with Crippen LogP contribution in [0.15, 0.2) is 39.5 Å². The van der Waals surface area contributed by atoms with Crippen molar-refractivity contribution < 1.29 is 22.7 Å². The highest BCUT2D eigenvalue weighted by Crippen LogP contribution is 2.41. The minimum atomic E-state index is -4.97. The molecule has 0 aliphatic carbocycles. The number of hydrogen-bond acceptors (Lipinski definition) is 5. The van der Waals surface area contributed by atoms with Crippen LogP contribution in [-0.2, 0) is 12.7 Å². The van der Waals surface area contributed by atoms with Gasteiger partial charge in [0.05, 0.1) is 21.5 Å². The maximum Gasteiger partial charge on any atom is 0.450 e. The van der Waals surface area contributed by atoms with E-state index in [0.29, 0.717) is 13.1 Å². The Morgan fingerprint density at radius 2 is 1.78 bits per heavy atom. The SMILES string of the molecule is CN1CCN(Cc2c(O)ccc3c(=O)c(-c4ccc(Cl)cc4Cl)c(C(F)(F)F)oc23)CC1. The number of rotatable bonds is 3. The van der Waals surface area contributed by atoms with Crippen molar-refractivity contribution in [3.63, 3.8) is 0 Å². The van der Waals surface area contributed by atoms with E-state index in [-0.39, 0.29) is 44.4 Å². The highest BCUT2D eigenvalue weighted by atomic mass is 35.5. The van der Waals surface area contributed by atoms with Crippen molar-refractivity contribution in [3.8, 4) is 16.9 Å². The molecular weight excluding hydrogens is 468 g/mol. The third-order valence-electron chi connectivity index (χ3n) is 5.57. The van der Waals surface area contributed by atoms with Crippen molar-refractivity contribution in [2.75, 3.05) is 33.2 Å². The fourth-order valence-electron chi connectivity index (χ4n) is 3.82. The summed E-state index contributed by atoms with van der Waals surface area (Å²) in [5.74, 6) is -1.70. The van der Waals surface area contributed by atoms with E-state index in [1.54, 1.807) is 0 Å².